The molecule has 2 aromatic heterocycles. The SMILES string of the molecule is CC(C)n1ccc(Cn2cccc(C(=O)O)c2=O)n1. The van der Waals surface area contributed by atoms with Crippen LogP contribution < -0.4 is 5.56 Å². The van der Waals surface area contributed by atoms with Crippen molar-refractivity contribution in [1.82, 2.24) is 14.3 Å². The second-order valence-electron chi connectivity index (χ2n) is 4.54. The fourth-order valence-electron chi connectivity index (χ4n) is 1.75. The Morgan fingerprint density at radius 1 is 1.37 bits per heavy atom. The Morgan fingerprint density at radius 2 is 2.11 bits per heavy atom. The molecule has 2 aromatic rings. The van der Waals surface area contributed by atoms with Crippen molar-refractivity contribution in [2.75, 3.05) is 0 Å². The van der Waals surface area contributed by atoms with E-state index in [0.717, 1.165) is 5.69 Å². The average Bonchev–Trinajstić information content (AvgIpc) is 2.80. The molecule has 0 fully saturated rings. The Kier molecular flexibility index (Phi) is 3.50. The van der Waals surface area contributed by atoms with Gasteiger partial charge in [0.15, 0.2) is 0 Å². The third-order valence-corrected chi connectivity index (χ3v) is 2.78. The lowest BCUT2D eigenvalue weighted by atomic mass is 10.3. The monoisotopic (exact) mass is 261 g/mol. The average molecular weight is 261 g/mol. The second kappa shape index (κ2) is 5.09. The topological polar surface area (TPSA) is 77.1 Å². The summed E-state index contributed by atoms with van der Waals surface area (Å²) in [4.78, 5) is 22.8. The van der Waals surface area contributed by atoms with Gasteiger partial charge in [-0.1, -0.05) is 0 Å². The van der Waals surface area contributed by atoms with Gasteiger partial charge < -0.3 is 9.67 Å². The molecule has 2 rings (SSSR count). The Labute approximate surface area is 109 Å². The minimum Gasteiger partial charge on any atom is -0.477 e. The highest BCUT2D eigenvalue weighted by Crippen LogP contribution is 2.05. The van der Waals surface area contributed by atoms with Gasteiger partial charge in [-0.3, -0.25) is 9.48 Å². The highest BCUT2D eigenvalue weighted by molar-refractivity contribution is 5.86. The fraction of sp³-hybridized carbons (Fsp3) is 0.308. The molecule has 0 radical (unpaired) electrons. The van der Waals surface area contributed by atoms with Crippen molar-refractivity contribution in [1.29, 1.82) is 0 Å². The molecule has 0 bridgehead atoms. The molecule has 6 heteroatoms. The van der Waals surface area contributed by atoms with Crippen LogP contribution in [0.2, 0.25) is 0 Å². The van der Waals surface area contributed by atoms with E-state index in [-0.39, 0.29) is 18.2 Å². The van der Waals surface area contributed by atoms with E-state index in [1.807, 2.05) is 26.1 Å². The number of hydrogen-bond donors (Lipinski definition) is 1. The molecule has 0 aliphatic carbocycles. The molecule has 0 aliphatic heterocycles. The summed E-state index contributed by atoms with van der Waals surface area (Å²) in [5.41, 5.74) is -0.0294. The first kappa shape index (κ1) is 13.1. The van der Waals surface area contributed by atoms with Gasteiger partial charge in [-0.2, -0.15) is 5.10 Å². The molecular weight excluding hydrogens is 246 g/mol. The van der Waals surface area contributed by atoms with Gasteiger partial charge in [0.2, 0.25) is 0 Å². The quantitative estimate of drug-likeness (QED) is 0.901. The molecule has 0 spiro atoms. The normalized spacial score (nSPS) is 10.9. The number of aromatic nitrogens is 3. The van der Waals surface area contributed by atoms with Crippen LogP contribution in [0.1, 0.15) is 35.9 Å². The predicted molar refractivity (Wildman–Crippen MR) is 69.4 cm³/mol. The Hall–Kier alpha value is -2.37. The summed E-state index contributed by atoms with van der Waals surface area (Å²) >= 11 is 0. The predicted octanol–water partition coefficient (Wildman–Crippen LogP) is 1.37. The lowest BCUT2D eigenvalue weighted by Gasteiger charge is -2.06. The zero-order valence-corrected chi connectivity index (χ0v) is 10.8. The van der Waals surface area contributed by atoms with Crippen LogP contribution in [0.25, 0.3) is 0 Å². The molecule has 19 heavy (non-hydrogen) atoms. The van der Waals surface area contributed by atoms with Gasteiger partial charge in [0.05, 0.1) is 12.2 Å². The van der Waals surface area contributed by atoms with E-state index >= 15 is 0 Å². The molecule has 0 aliphatic rings. The van der Waals surface area contributed by atoms with Crippen LogP contribution in [0.5, 0.6) is 0 Å². The smallest absolute Gasteiger partial charge is 0.341 e. The van der Waals surface area contributed by atoms with Gasteiger partial charge in [-0.25, -0.2) is 4.79 Å². The van der Waals surface area contributed by atoms with E-state index in [1.165, 1.54) is 10.6 Å². The summed E-state index contributed by atoms with van der Waals surface area (Å²) in [7, 11) is 0. The molecular formula is C13H15N3O3. The van der Waals surface area contributed by atoms with Gasteiger partial charge in [0, 0.05) is 18.4 Å². The molecule has 1 N–H and O–H groups in total. The number of carboxylic acid groups (broad SMARTS) is 1. The standard InChI is InChI=1S/C13H15N3O3/c1-9(2)16-7-5-10(14-16)8-15-6-3-4-11(12(15)17)13(18)19/h3-7,9H,8H2,1-2H3,(H,18,19). The summed E-state index contributed by atoms with van der Waals surface area (Å²) in [6.45, 7) is 4.28. The lowest BCUT2D eigenvalue weighted by molar-refractivity contribution is 0.0694. The van der Waals surface area contributed by atoms with Gasteiger partial charge in [-0.15, -0.1) is 0 Å². The van der Waals surface area contributed by atoms with E-state index in [4.69, 9.17) is 5.11 Å². The van der Waals surface area contributed by atoms with Crippen molar-refractivity contribution >= 4 is 5.97 Å². The Balaban J connectivity index is 2.30. The molecule has 100 valence electrons. The third kappa shape index (κ3) is 2.73. The minimum atomic E-state index is -1.22. The van der Waals surface area contributed by atoms with Crippen LogP contribution in [-0.2, 0) is 6.54 Å². The first-order chi connectivity index (χ1) is 8.99. The number of carbonyl (C=O) groups is 1. The molecule has 0 amide bonds. The maximum atomic E-state index is 11.9. The molecule has 0 saturated carbocycles. The molecule has 2 heterocycles. The number of hydrogen-bond acceptors (Lipinski definition) is 3. The summed E-state index contributed by atoms with van der Waals surface area (Å²) in [5, 5.41) is 13.2. The zero-order valence-electron chi connectivity index (χ0n) is 10.8. The largest absolute Gasteiger partial charge is 0.477 e. The van der Waals surface area contributed by atoms with Crippen molar-refractivity contribution in [3.8, 4) is 0 Å². The number of nitrogens with zero attached hydrogens (tertiary/aromatic N) is 3. The fourth-order valence-corrected chi connectivity index (χ4v) is 1.75. The van der Waals surface area contributed by atoms with Crippen molar-refractivity contribution in [3.05, 3.63) is 52.2 Å². The van der Waals surface area contributed by atoms with Gasteiger partial charge in [-0.05, 0) is 32.0 Å². The molecule has 0 saturated heterocycles. The van der Waals surface area contributed by atoms with Crippen LogP contribution in [-0.4, -0.2) is 25.4 Å². The molecule has 6 nitrogen and oxygen atoms in total. The first-order valence-corrected chi connectivity index (χ1v) is 5.96. The molecule has 0 aromatic carbocycles. The van der Waals surface area contributed by atoms with Gasteiger partial charge in [0.25, 0.3) is 5.56 Å². The number of pyridine rings is 1. The molecule has 0 atom stereocenters. The summed E-state index contributed by atoms with van der Waals surface area (Å²) in [5.74, 6) is -1.22. The van der Waals surface area contributed by atoms with Crippen LogP contribution >= 0.6 is 0 Å². The van der Waals surface area contributed by atoms with Gasteiger partial charge >= 0.3 is 5.97 Å². The Morgan fingerprint density at radius 3 is 2.68 bits per heavy atom. The summed E-state index contributed by atoms with van der Waals surface area (Å²) < 4.78 is 3.14. The van der Waals surface area contributed by atoms with Crippen molar-refractivity contribution in [3.63, 3.8) is 0 Å². The second-order valence-corrected chi connectivity index (χ2v) is 4.54. The maximum Gasteiger partial charge on any atom is 0.341 e. The van der Waals surface area contributed by atoms with E-state index in [2.05, 4.69) is 5.10 Å². The third-order valence-electron chi connectivity index (χ3n) is 2.78. The van der Waals surface area contributed by atoms with Crippen molar-refractivity contribution in [2.45, 2.75) is 26.4 Å². The van der Waals surface area contributed by atoms with Crippen molar-refractivity contribution in [2.24, 2.45) is 0 Å². The number of carboxylic acids is 1. The van der Waals surface area contributed by atoms with Crippen LogP contribution in [0.3, 0.4) is 0 Å². The van der Waals surface area contributed by atoms with Crippen LogP contribution in [0.15, 0.2) is 35.4 Å². The van der Waals surface area contributed by atoms with E-state index in [9.17, 15) is 9.59 Å². The van der Waals surface area contributed by atoms with Gasteiger partial charge in [0.1, 0.15) is 5.56 Å². The van der Waals surface area contributed by atoms with Crippen LogP contribution in [0.4, 0.5) is 0 Å². The molecule has 0 unspecified atom stereocenters. The van der Waals surface area contributed by atoms with E-state index < -0.39 is 11.5 Å². The van der Waals surface area contributed by atoms with Crippen molar-refractivity contribution < 1.29 is 9.90 Å². The minimum absolute atomic E-state index is 0.231. The number of aromatic carboxylic acids is 1. The van der Waals surface area contributed by atoms with Crippen LogP contribution in [0, 0.1) is 0 Å². The maximum absolute atomic E-state index is 11.9. The summed E-state index contributed by atoms with van der Waals surface area (Å²) in [6, 6.07) is 4.91. The van der Waals surface area contributed by atoms with E-state index in [0.29, 0.717) is 0 Å². The zero-order chi connectivity index (χ0) is 14.0. The van der Waals surface area contributed by atoms with E-state index in [1.54, 1.807) is 16.9 Å². The highest BCUT2D eigenvalue weighted by Gasteiger charge is 2.11. The summed E-state index contributed by atoms with van der Waals surface area (Å²) in [6.07, 6.45) is 3.40. The highest BCUT2D eigenvalue weighted by atomic mass is 16.4. The number of rotatable bonds is 4. The lowest BCUT2D eigenvalue weighted by Crippen LogP contribution is -2.26. The first-order valence-electron chi connectivity index (χ1n) is 5.96. The Bertz CT molecular complexity index is 655.